The first-order chi connectivity index (χ1) is 8.81. The Hall–Kier alpha value is -0.570. The first-order valence-corrected chi connectivity index (χ1v) is 7.98. The molecule has 3 N–H and O–H groups in total. The van der Waals surface area contributed by atoms with Crippen molar-refractivity contribution in [1.82, 2.24) is 4.72 Å². The molecule has 1 fully saturated rings. The van der Waals surface area contributed by atoms with Gasteiger partial charge < -0.3 is 5.73 Å². The van der Waals surface area contributed by atoms with Gasteiger partial charge in [0, 0.05) is 23.1 Å². The van der Waals surface area contributed by atoms with Crippen LogP contribution in [-0.2, 0) is 10.0 Å². The molecule has 1 aliphatic rings. The normalized spacial score (nSPS) is 17.5. The van der Waals surface area contributed by atoms with Crippen molar-refractivity contribution in [2.75, 3.05) is 6.54 Å². The number of hydrogen-bond acceptors (Lipinski definition) is 3. The predicted octanol–water partition coefficient (Wildman–Crippen LogP) is 1.74. The van der Waals surface area contributed by atoms with E-state index in [1.807, 2.05) is 0 Å². The van der Waals surface area contributed by atoms with Crippen molar-refractivity contribution in [3.05, 3.63) is 28.2 Å². The van der Waals surface area contributed by atoms with Gasteiger partial charge in [0.2, 0.25) is 10.0 Å². The minimum atomic E-state index is -4.06. The van der Waals surface area contributed by atoms with E-state index in [2.05, 4.69) is 20.7 Å². The quantitative estimate of drug-likeness (QED) is 0.845. The van der Waals surface area contributed by atoms with E-state index in [9.17, 15) is 17.2 Å². The molecule has 1 aromatic rings. The highest BCUT2D eigenvalue weighted by Gasteiger charge is 2.30. The van der Waals surface area contributed by atoms with E-state index in [1.54, 1.807) is 0 Å². The molecule has 1 saturated carbocycles. The molecule has 0 spiro atoms. The van der Waals surface area contributed by atoms with Crippen LogP contribution in [0.15, 0.2) is 21.5 Å². The van der Waals surface area contributed by atoms with Gasteiger partial charge in [-0.1, -0.05) is 0 Å². The predicted molar refractivity (Wildman–Crippen MR) is 69.9 cm³/mol. The summed E-state index contributed by atoms with van der Waals surface area (Å²) in [6.45, 7) is 0.0380. The maximum absolute atomic E-state index is 13.6. The van der Waals surface area contributed by atoms with Gasteiger partial charge in [-0.05, 0) is 40.8 Å². The molecule has 0 bridgehead atoms. The average Bonchev–Trinajstić information content (AvgIpc) is 3.07. The lowest BCUT2D eigenvalue weighted by molar-refractivity contribution is 0.528. The third-order valence-corrected chi connectivity index (χ3v) is 5.36. The van der Waals surface area contributed by atoms with E-state index in [1.165, 1.54) is 0 Å². The first kappa shape index (κ1) is 14.8. The van der Waals surface area contributed by atoms with E-state index < -0.39 is 26.6 Å². The number of halogens is 3. The molecule has 106 valence electrons. The van der Waals surface area contributed by atoms with E-state index in [0.717, 1.165) is 18.9 Å². The SMILES string of the molecule is NC(CNS(=O)(=O)c1c(F)cc(F)cc1Br)C1CC1. The number of nitrogens with one attached hydrogen (secondary N) is 1. The molecule has 0 radical (unpaired) electrons. The number of rotatable bonds is 5. The largest absolute Gasteiger partial charge is 0.326 e. The average molecular weight is 355 g/mol. The zero-order valence-corrected chi connectivity index (χ0v) is 12.3. The van der Waals surface area contributed by atoms with Crippen molar-refractivity contribution in [3.63, 3.8) is 0 Å². The molecule has 0 aromatic heterocycles. The van der Waals surface area contributed by atoms with Crippen LogP contribution in [0.4, 0.5) is 8.78 Å². The Morgan fingerprint density at radius 1 is 1.42 bits per heavy atom. The van der Waals surface area contributed by atoms with Crippen LogP contribution in [0.5, 0.6) is 0 Å². The standard InChI is InChI=1S/C11H13BrF2N2O2S/c12-8-3-7(13)4-9(14)11(8)19(17,18)16-5-10(15)6-1-2-6/h3-4,6,10,16H,1-2,5,15H2. The van der Waals surface area contributed by atoms with Gasteiger partial charge in [-0.3, -0.25) is 0 Å². The molecular weight excluding hydrogens is 342 g/mol. The molecule has 2 rings (SSSR count). The molecule has 1 unspecified atom stereocenters. The van der Waals surface area contributed by atoms with Gasteiger partial charge in [0.25, 0.3) is 0 Å². The minimum absolute atomic E-state index is 0.0380. The van der Waals surface area contributed by atoms with Crippen LogP contribution in [0, 0.1) is 17.6 Å². The van der Waals surface area contributed by atoms with Crippen LogP contribution in [0.2, 0.25) is 0 Å². The van der Waals surface area contributed by atoms with Gasteiger partial charge in [-0.25, -0.2) is 21.9 Å². The first-order valence-electron chi connectivity index (χ1n) is 5.71. The lowest BCUT2D eigenvalue weighted by Crippen LogP contribution is -2.38. The summed E-state index contributed by atoms with van der Waals surface area (Å²) in [6, 6.07) is 1.15. The summed E-state index contributed by atoms with van der Waals surface area (Å²) >= 11 is 2.85. The summed E-state index contributed by atoms with van der Waals surface area (Å²) in [7, 11) is -4.06. The molecule has 0 amide bonds. The number of hydrogen-bond donors (Lipinski definition) is 2. The van der Waals surface area contributed by atoms with Crippen LogP contribution >= 0.6 is 15.9 Å². The molecule has 19 heavy (non-hydrogen) atoms. The highest BCUT2D eigenvalue weighted by molar-refractivity contribution is 9.10. The molecule has 0 aliphatic heterocycles. The Kier molecular flexibility index (Phi) is 4.24. The van der Waals surface area contributed by atoms with Crippen molar-refractivity contribution in [1.29, 1.82) is 0 Å². The lowest BCUT2D eigenvalue weighted by Gasteiger charge is -2.13. The third-order valence-electron chi connectivity index (χ3n) is 2.97. The summed E-state index contributed by atoms with van der Waals surface area (Å²) in [6.07, 6.45) is 1.97. The molecule has 4 nitrogen and oxygen atoms in total. The molecule has 8 heteroatoms. The van der Waals surface area contributed by atoms with Gasteiger partial charge >= 0.3 is 0 Å². The second-order valence-corrected chi connectivity index (χ2v) is 7.11. The van der Waals surface area contributed by atoms with Gasteiger partial charge in [-0.15, -0.1) is 0 Å². The second-order valence-electron chi connectivity index (χ2n) is 4.55. The number of sulfonamides is 1. The molecule has 0 heterocycles. The zero-order valence-electron chi connectivity index (χ0n) is 9.87. The Morgan fingerprint density at radius 3 is 2.58 bits per heavy atom. The van der Waals surface area contributed by atoms with Crippen LogP contribution in [0.3, 0.4) is 0 Å². The molecular formula is C11H13BrF2N2O2S. The molecule has 1 aliphatic carbocycles. The van der Waals surface area contributed by atoms with Crippen LogP contribution in [-0.4, -0.2) is 21.0 Å². The summed E-state index contributed by atoms with van der Waals surface area (Å²) in [5.41, 5.74) is 5.77. The monoisotopic (exact) mass is 354 g/mol. The number of benzene rings is 1. The Balaban J connectivity index is 2.19. The Morgan fingerprint density at radius 2 is 2.05 bits per heavy atom. The summed E-state index contributed by atoms with van der Waals surface area (Å²) in [5, 5.41) is 0. The molecule has 1 atom stereocenters. The van der Waals surface area contributed by atoms with E-state index >= 15 is 0 Å². The Labute approximate surface area is 118 Å². The second kappa shape index (κ2) is 5.43. The Bertz CT molecular complexity index is 567. The van der Waals surface area contributed by atoms with Gasteiger partial charge in [0.15, 0.2) is 0 Å². The third kappa shape index (κ3) is 3.50. The maximum Gasteiger partial charge on any atom is 0.244 e. The summed E-state index contributed by atoms with van der Waals surface area (Å²) < 4.78 is 52.5. The van der Waals surface area contributed by atoms with Crippen molar-refractivity contribution in [2.45, 2.75) is 23.8 Å². The fourth-order valence-corrected chi connectivity index (χ4v) is 3.99. The van der Waals surface area contributed by atoms with Crippen LogP contribution < -0.4 is 10.5 Å². The van der Waals surface area contributed by atoms with E-state index in [4.69, 9.17) is 5.73 Å². The van der Waals surface area contributed by atoms with Gasteiger partial charge in [0.05, 0.1) is 0 Å². The summed E-state index contributed by atoms with van der Waals surface area (Å²) in [5.74, 6) is -1.67. The minimum Gasteiger partial charge on any atom is -0.326 e. The maximum atomic E-state index is 13.6. The van der Waals surface area contributed by atoms with Crippen molar-refractivity contribution < 1.29 is 17.2 Å². The van der Waals surface area contributed by atoms with Gasteiger partial charge in [-0.2, -0.15) is 0 Å². The number of nitrogens with two attached hydrogens (primary N) is 1. The lowest BCUT2D eigenvalue weighted by atomic mass is 10.2. The fourth-order valence-electron chi connectivity index (χ4n) is 1.75. The van der Waals surface area contributed by atoms with Crippen LogP contribution in [0.25, 0.3) is 0 Å². The highest BCUT2D eigenvalue weighted by atomic mass is 79.9. The van der Waals surface area contributed by atoms with Crippen molar-refractivity contribution >= 4 is 26.0 Å². The summed E-state index contributed by atoms with van der Waals surface area (Å²) in [4.78, 5) is -0.600. The van der Waals surface area contributed by atoms with E-state index in [-0.39, 0.29) is 17.1 Å². The fraction of sp³-hybridized carbons (Fsp3) is 0.455. The molecule has 1 aromatic carbocycles. The van der Waals surface area contributed by atoms with E-state index in [0.29, 0.717) is 12.0 Å². The zero-order chi connectivity index (χ0) is 14.2. The topological polar surface area (TPSA) is 72.2 Å². The van der Waals surface area contributed by atoms with Crippen LogP contribution in [0.1, 0.15) is 12.8 Å². The highest BCUT2D eigenvalue weighted by Crippen LogP contribution is 2.31. The van der Waals surface area contributed by atoms with Crippen molar-refractivity contribution in [2.24, 2.45) is 11.7 Å². The molecule has 0 saturated heterocycles. The van der Waals surface area contributed by atoms with Gasteiger partial charge in [0.1, 0.15) is 16.5 Å². The smallest absolute Gasteiger partial charge is 0.244 e. The van der Waals surface area contributed by atoms with Crippen molar-refractivity contribution in [3.8, 4) is 0 Å².